The predicted molar refractivity (Wildman–Crippen MR) is 64.5 cm³/mol. The molecule has 1 rings (SSSR count). The molecule has 0 aromatic carbocycles. The van der Waals surface area contributed by atoms with E-state index in [0.29, 0.717) is 11.7 Å². The Labute approximate surface area is 91.9 Å². The average Bonchev–Trinajstić information content (AvgIpc) is 2.18. The normalized spacial score (nSPS) is 13.1. The second-order valence-corrected chi connectivity index (χ2v) is 4.50. The molecule has 0 aliphatic heterocycles. The lowest BCUT2D eigenvalue weighted by Crippen LogP contribution is -2.26. The smallest absolute Gasteiger partial charge is 0.126 e. The molecule has 1 heterocycles. The summed E-state index contributed by atoms with van der Waals surface area (Å²) in [6.07, 6.45) is 3.67. The van der Waals surface area contributed by atoms with Crippen molar-refractivity contribution in [3.63, 3.8) is 0 Å². The molecular weight excluding hydrogens is 186 g/mol. The van der Waals surface area contributed by atoms with Crippen molar-refractivity contribution in [1.29, 1.82) is 0 Å². The zero-order valence-corrected chi connectivity index (χ0v) is 9.83. The first-order valence-electron chi connectivity index (χ1n) is 5.47. The van der Waals surface area contributed by atoms with Crippen LogP contribution in [0.2, 0.25) is 0 Å². The van der Waals surface area contributed by atoms with Gasteiger partial charge in [-0.15, -0.1) is 0 Å². The van der Waals surface area contributed by atoms with Crippen LogP contribution in [-0.2, 0) is 6.42 Å². The Morgan fingerprint density at radius 3 is 2.67 bits per heavy atom. The highest BCUT2D eigenvalue weighted by molar-refractivity contribution is 5.40. The summed E-state index contributed by atoms with van der Waals surface area (Å²) >= 11 is 0. The number of hydrogen-bond donors (Lipinski definition) is 2. The molecule has 1 aromatic rings. The molecule has 0 amide bonds. The highest BCUT2D eigenvalue weighted by atomic mass is 14.8. The highest BCUT2D eigenvalue weighted by Gasteiger charge is 2.09. The lowest BCUT2D eigenvalue weighted by atomic mass is 9.97. The van der Waals surface area contributed by atoms with Gasteiger partial charge in [-0.3, -0.25) is 0 Å². The van der Waals surface area contributed by atoms with Crippen LogP contribution in [0, 0.1) is 12.8 Å². The molecular formula is C12H21N3. The van der Waals surface area contributed by atoms with E-state index in [1.165, 1.54) is 0 Å². The Morgan fingerprint density at radius 2 is 2.07 bits per heavy atom. The van der Waals surface area contributed by atoms with Gasteiger partial charge in [0.25, 0.3) is 0 Å². The van der Waals surface area contributed by atoms with Gasteiger partial charge < -0.3 is 11.5 Å². The van der Waals surface area contributed by atoms with Gasteiger partial charge in [-0.05, 0) is 36.8 Å². The quantitative estimate of drug-likeness (QED) is 0.792. The first-order chi connectivity index (χ1) is 7.00. The van der Waals surface area contributed by atoms with Gasteiger partial charge in [-0.2, -0.15) is 0 Å². The summed E-state index contributed by atoms with van der Waals surface area (Å²) in [6.45, 7) is 6.31. The number of aryl methyl sites for hydroxylation is 2. The fraction of sp³-hybridized carbons (Fsp3) is 0.583. The summed E-state index contributed by atoms with van der Waals surface area (Å²) in [4.78, 5) is 4.14. The molecule has 0 saturated heterocycles. The lowest BCUT2D eigenvalue weighted by Gasteiger charge is -2.15. The van der Waals surface area contributed by atoms with Crippen molar-refractivity contribution >= 4 is 5.82 Å². The maximum absolute atomic E-state index is 5.99. The molecule has 3 heteroatoms. The third-order valence-corrected chi connectivity index (χ3v) is 2.74. The van der Waals surface area contributed by atoms with Crippen LogP contribution in [0.5, 0.6) is 0 Å². The lowest BCUT2D eigenvalue weighted by molar-refractivity contribution is 0.464. The van der Waals surface area contributed by atoms with Gasteiger partial charge in [-0.1, -0.05) is 19.9 Å². The number of anilines is 1. The fourth-order valence-corrected chi connectivity index (χ4v) is 1.50. The van der Waals surface area contributed by atoms with Crippen molar-refractivity contribution < 1.29 is 0 Å². The van der Waals surface area contributed by atoms with Crippen molar-refractivity contribution in [1.82, 2.24) is 4.98 Å². The van der Waals surface area contributed by atoms with E-state index in [4.69, 9.17) is 11.5 Å². The first kappa shape index (κ1) is 12.0. The zero-order valence-electron chi connectivity index (χ0n) is 9.83. The molecule has 0 aliphatic rings. The van der Waals surface area contributed by atoms with E-state index < -0.39 is 0 Å². The summed E-state index contributed by atoms with van der Waals surface area (Å²) in [5.41, 5.74) is 14.1. The molecule has 0 bridgehead atoms. The van der Waals surface area contributed by atoms with Crippen LogP contribution in [0.15, 0.2) is 12.3 Å². The summed E-state index contributed by atoms with van der Waals surface area (Å²) in [5.74, 6) is 1.15. The van der Waals surface area contributed by atoms with E-state index in [9.17, 15) is 0 Å². The molecule has 1 atom stereocenters. The standard InChI is InChI=1S/C12H21N3/c1-8(2)11(13)5-4-10-6-9(3)7-15-12(10)14/h6-8,11H,4-5,13H2,1-3H3,(H2,14,15). The number of rotatable bonds is 4. The largest absolute Gasteiger partial charge is 0.383 e. The predicted octanol–water partition coefficient (Wildman–Crippen LogP) is 1.89. The third-order valence-electron chi connectivity index (χ3n) is 2.74. The molecule has 0 radical (unpaired) electrons. The number of aromatic nitrogens is 1. The first-order valence-corrected chi connectivity index (χ1v) is 5.47. The van der Waals surface area contributed by atoms with Crippen LogP contribution in [0.1, 0.15) is 31.4 Å². The molecule has 0 fully saturated rings. The van der Waals surface area contributed by atoms with E-state index in [1.807, 2.05) is 6.92 Å². The number of nitrogens with zero attached hydrogens (tertiary/aromatic N) is 1. The molecule has 1 unspecified atom stereocenters. The van der Waals surface area contributed by atoms with Gasteiger partial charge >= 0.3 is 0 Å². The van der Waals surface area contributed by atoms with Gasteiger partial charge in [-0.25, -0.2) is 4.98 Å². The number of nitrogens with two attached hydrogens (primary N) is 2. The van der Waals surface area contributed by atoms with Gasteiger partial charge in [0, 0.05) is 12.2 Å². The Balaban J connectivity index is 2.61. The second kappa shape index (κ2) is 5.12. The summed E-state index contributed by atoms with van der Waals surface area (Å²) in [7, 11) is 0. The highest BCUT2D eigenvalue weighted by Crippen LogP contribution is 2.15. The molecule has 3 nitrogen and oxygen atoms in total. The van der Waals surface area contributed by atoms with Crippen molar-refractivity contribution in [2.75, 3.05) is 5.73 Å². The fourth-order valence-electron chi connectivity index (χ4n) is 1.50. The van der Waals surface area contributed by atoms with E-state index in [-0.39, 0.29) is 6.04 Å². The number of pyridine rings is 1. The minimum atomic E-state index is 0.241. The minimum Gasteiger partial charge on any atom is -0.383 e. The van der Waals surface area contributed by atoms with E-state index in [2.05, 4.69) is 24.9 Å². The monoisotopic (exact) mass is 207 g/mol. The summed E-state index contributed by atoms with van der Waals surface area (Å²) in [6, 6.07) is 2.33. The Bertz CT molecular complexity index is 321. The van der Waals surface area contributed by atoms with E-state index >= 15 is 0 Å². The molecule has 0 spiro atoms. The SMILES string of the molecule is Cc1cnc(N)c(CCC(N)C(C)C)c1. The molecule has 84 valence electrons. The van der Waals surface area contributed by atoms with E-state index in [0.717, 1.165) is 24.0 Å². The molecule has 15 heavy (non-hydrogen) atoms. The van der Waals surface area contributed by atoms with Crippen LogP contribution >= 0.6 is 0 Å². The van der Waals surface area contributed by atoms with Crippen LogP contribution in [-0.4, -0.2) is 11.0 Å². The van der Waals surface area contributed by atoms with Gasteiger partial charge in [0.15, 0.2) is 0 Å². The third kappa shape index (κ3) is 3.51. The summed E-state index contributed by atoms with van der Waals surface area (Å²) < 4.78 is 0. The Kier molecular flexibility index (Phi) is 4.09. The second-order valence-electron chi connectivity index (χ2n) is 4.50. The molecule has 4 N–H and O–H groups in total. The molecule has 0 aliphatic carbocycles. The Hall–Kier alpha value is -1.09. The van der Waals surface area contributed by atoms with Crippen LogP contribution in [0.3, 0.4) is 0 Å². The van der Waals surface area contributed by atoms with Crippen molar-refractivity contribution in [2.45, 2.75) is 39.7 Å². The Morgan fingerprint density at radius 1 is 1.40 bits per heavy atom. The number of nitrogen functional groups attached to an aromatic ring is 1. The maximum Gasteiger partial charge on any atom is 0.126 e. The van der Waals surface area contributed by atoms with Crippen molar-refractivity contribution in [3.05, 3.63) is 23.4 Å². The minimum absolute atomic E-state index is 0.241. The van der Waals surface area contributed by atoms with Crippen molar-refractivity contribution in [3.8, 4) is 0 Å². The van der Waals surface area contributed by atoms with Crippen LogP contribution < -0.4 is 11.5 Å². The topological polar surface area (TPSA) is 64.9 Å². The van der Waals surface area contributed by atoms with Crippen LogP contribution in [0.25, 0.3) is 0 Å². The van der Waals surface area contributed by atoms with E-state index in [1.54, 1.807) is 6.20 Å². The zero-order chi connectivity index (χ0) is 11.4. The van der Waals surface area contributed by atoms with Gasteiger partial charge in [0.2, 0.25) is 0 Å². The molecule has 0 saturated carbocycles. The maximum atomic E-state index is 5.99. The van der Waals surface area contributed by atoms with Crippen molar-refractivity contribution in [2.24, 2.45) is 11.7 Å². The van der Waals surface area contributed by atoms with Gasteiger partial charge in [0.1, 0.15) is 5.82 Å². The molecule has 1 aromatic heterocycles. The van der Waals surface area contributed by atoms with Gasteiger partial charge in [0.05, 0.1) is 0 Å². The van der Waals surface area contributed by atoms with Crippen LogP contribution in [0.4, 0.5) is 5.82 Å². The number of hydrogen-bond acceptors (Lipinski definition) is 3. The average molecular weight is 207 g/mol. The summed E-state index contributed by atoms with van der Waals surface area (Å²) in [5, 5.41) is 0.